The minimum absolute atomic E-state index is 0.183. The number of nitro groups is 1. The maximum Gasteiger partial charge on any atom is 0.433 e. The highest BCUT2D eigenvalue weighted by atomic mass is 16.6. The summed E-state index contributed by atoms with van der Waals surface area (Å²) in [4.78, 5) is 12.5. The Morgan fingerprint density at radius 3 is 2.94 bits per heavy atom. The van der Waals surface area contributed by atoms with E-state index in [9.17, 15) is 10.1 Å². The highest BCUT2D eigenvalue weighted by Crippen LogP contribution is 2.29. The highest BCUT2D eigenvalue weighted by Gasteiger charge is 2.34. The SMILES string of the molecule is O=[N+]([O-])c1ccc(CNC2CCN(C3CC3)C2)o1. The van der Waals surface area contributed by atoms with Gasteiger partial charge in [-0.05, 0) is 25.3 Å². The van der Waals surface area contributed by atoms with E-state index >= 15 is 0 Å². The van der Waals surface area contributed by atoms with Crippen molar-refractivity contribution in [2.45, 2.75) is 37.9 Å². The van der Waals surface area contributed by atoms with Gasteiger partial charge in [0.2, 0.25) is 0 Å². The molecule has 6 nitrogen and oxygen atoms in total. The van der Waals surface area contributed by atoms with E-state index in [2.05, 4.69) is 10.2 Å². The fourth-order valence-corrected chi connectivity index (χ4v) is 2.53. The molecule has 1 aliphatic heterocycles. The normalized spacial score (nSPS) is 24.6. The summed E-state index contributed by atoms with van der Waals surface area (Å²) in [6.45, 7) is 2.82. The van der Waals surface area contributed by atoms with Crippen LogP contribution in [0.2, 0.25) is 0 Å². The van der Waals surface area contributed by atoms with Crippen molar-refractivity contribution in [2.24, 2.45) is 0 Å². The first kappa shape index (κ1) is 11.7. The van der Waals surface area contributed by atoms with Gasteiger partial charge in [-0.1, -0.05) is 0 Å². The number of furan rings is 1. The van der Waals surface area contributed by atoms with Gasteiger partial charge in [0.05, 0.1) is 12.6 Å². The lowest BCUT2D eigenvalue weighted by Gasteiger charge is -2.15. The van der Waals surface area contributed by atoms with E-state index in [4.69, 9.17) is 4.42 Å². The molecule has 2 fully saturated rings. The fourth-order valence-electron chi connectivity index (χ4n) is 2.53. The molecule has 1 aromatic rings. The maximum absolute atomic E-state index is 10.5. The van der Waals surface area contributed by atoms with Crippen molar-refractivity contribution in [3.8, 4) is 0 Å². The average Bonchev–Trinajstić information content (AvgIpc) is 2.92. The first-order valence-electron chi connectivity index (χ1n) is 6.43. The van der Waals surface area contributed by atoms with E-state index in [1.165, 1.54) is 25.5 Å². The molecular weight excluding hydrogens is 234 g/mol. The van der Waals surface area contributed by atoms with Crippen molar-refractivity contribution in [3.05, 3.63) is 28.0 Å². The van der Waals surface area contributed by atoms with Crippen molar-refractivity contribution in [3.63, 3.8) is 0 Å². The molecule has 1 N–H and O–H groups in total. The molecule has 1 aliphatic carbocycles. The number of hydrogen-bond donors (Lipinski definition) is 1. The Bertz CT molecular complexity index is 442. The Morgan fingerprint density at radius 2 is 2.28 bits per heavy atom. The van der Waals surface area contributed by atoms with Crippen LogP contribution in [0.1, 0.15) is 25.0 Å². The predicted octanol–water partition coefficient (Wildman–Crippen LogP) is 1.51. The predicted molar refractivity (Wildman–Crippen MR) is 65.2 cm³/mol. The molecule has 0 spiro atoms. The van der Waals surface area contributed by atoms with Gasteiger partial charge in [-0.2, -0.15) is 0 Å². The second kappa shape index (κ2) is 4.70. The summed E-state index contributed by atoms with van der Waals surface area (Å²) in [6.07, 6.45) is 3.84. The van der Waals surface area contributed by atoms with Crippen LogP contribution in [0, 0.1) is 10.1 Å². The van der Waals surface area contributed by atoms with Gasteiger partial charge < -0.3 is 9.73 Å². The molecule has 18 heavy (non-hydrogen) atoms. The van der Waals surface area contributed by atoms with Crippen LogP contribution in [0.15, 0.2) is 16.5 Å². The lowest BCUT2D eigenvalue weighted by atomic mass is 10.2. The molecule has 1 atom stereocenters. The van der Waals surface area contributed by atoms with E-state index < -0.39 is 4.92 Å². The largest absolute Gasteiger partial charge is 0.433 e. The van der Waals surface area contributed by atoms with E-state index in [-0.39, 0.29) is 5.88 Å². The summed E-state index contributed by atoms with van der Waals surface area (Å²) in [7, 11) is 0. The smallest absolute Gasteiger partial charge is 0.404 e. The molecule has 6 heteroatoms. The Morgan fingerprint density at radius 1 is 1.44 bits per heavy atom. The topological polar surface area (TPSA) is 71.6 Å². The maximum atomic E-state index is 10.5. The molecule has 0 aromatic carbocycles. The molecule has 1 saturated heterocycles. The van der Waals surface area contributed by atoms with Crippen LogP contribution in [-0.2, 0) is 6.54 Å². The molecule has 1 saturated carbocycles. The van der Waals surface area contributed by atoms with Crippen LogP contribution in [0.5, 0.6) is 0 Å². The third kappa shape index (κ3) is 2.54. The van der Waals surface area contributed by atoms with Gasteiger partial charge in [-0.3, -0.25) is 15.0 Å². The standard InChI is InChI=1S/C12H17N3O3/c16-15(17)12-4-3-11(18-12)7-13-9-5-6-14(8-9)10-1-2-10/h3-4,9-10,13H,1-2,5-8H2. The zero-order valence-corrected chi connectivity index (χ0v) is 10.2. The Hall–Kier alpha value is -1.40. The molecule has 0 bridgehead atoms. The zero-order valence-electron chi connectivity index (χ0n) is 10.2. The summed E-state index contributed by atoms with van der Waals surface area (Å²) in [5, 5.41) is 13.9. The van der Waals surface area contributed by atoms with Crippen LogP contribution >= 0.6 is 0 Å². The third-order valence-corrected chi connectivity index (χ3v) is 3.68. The number of nitrogens with zero attached hydrogens (tertiary/aromatic N) is 2. The van der Waals surface area contributed by atoms with Crippen LogP contribution < -0.4 is 5.32 Å². The van der Waals surface area contributed by atoms with Gasteiger partial charge in [0.1, 0.15) is 10.7 Å². The summed E-state index contributed by atoms with van der Waals surface area (Å²) in [5.41, 5.74) is 0. The molecule has 2 heterocycles. The molecule has 0 amide bonds. The average molecular weight is 251 g/mol. The van der Waals surface area contributed by atoms with Crippen LogP contribution in [0.4, 0.5) is 5.88 Å². The first-order chi connectivity index (χ1) is 8.72. The van der Waals surface area contributed by atoms with Gasteiger partial charge in [0.15, 0.2) is 0 Å². The quantitative estimate of drug-likeness (QED) is 0.634. The van der Waals surface area contributed by atoms with E-state index in [1.54, 1.807) is 6.07 Å². The van der Waals surface area contributed by atoms with Gasteiger partial charge in [-0.25, -0.2) is 0 Å². The minimum atomic E-state index is -0.506. The zero-order chi connectivity index (χ0) is 12.5. The van der Waals surface area contributed by atoms with Crippen molar-refractivity contribution < 1.29 is 9.34 Å². The van der Waals surface area contributed by atoms with Gasteiger partial charge in [0.25, 0.3) is 0 Å². The molecule has 1 aromatic heterocycles. The van der Waals surface area contributed by atoms with Crippen LogP contribution in [0.3, 0.4) is 0 Å². The molecule has 3 rings (SSSR count). The van der Waals surface area contributed by atoms with E-state index in [1.807, 2.05) is 0 Å². The molecule has 98 valence electrons. The first-order valence-corrected chi connectivity index (χ1v) is 6.43. The fraction of sp³-hybridized carbons (Fsp3) is 0.667. The number of rotatable bonds is 5. The van der Waals surface area contributed by atoms with Crippen molar-refractivity contribution in [2.75, 3.05) is 13.1 Å². The summed E-state index contributed by atoms with van der Waals surface area (Å²) in [5.74, 6) is 0.449. The van der Waals surface area contributed by atoms with Gasteiger partial charge in [0, 0.05) is 25.2 Å². The van der Waals surface area contributed by atoms with Gasteiger partial charge in [-0.15, -0.1) is 0 Å². The highest BCUT2D eigenvalue weighted by molar-refractivity contribution is 5.17. The second-order valence-corrected chi connectivity index (χ2v) is 5.09. The summed E-state index contributed by atoms with van der Waals surface area (Å²) in [6, 6.07) is 4.37. The van der Waals surface area contributed by atoms with Crippen molar-refractivity contribution >= 4 is 5.88 Å². The summed E-state index contributed by atoms with van der Waals surface area (Å²) < 4.78 is 5.12. The number of hydrogen-bond acceptors (Lipinski definition) is 5. The summed E-state index contributed by atoms with van der Waals surface area (Å²) >= 11 is 0. The lowest BCUT2D eigenvalue weighted by molar-refractivity contribution is -0.402. The molecule has 0 radical (unpaired) electrons. The molecular formula is C12H17N3O3. The van der Waals surface area contributed by atoms with Crippen LogP contribution in [0.25, 0.3) is 0 Å². The Labute approximate surface area is 105 Å². The third-order valence-electron chi connectivity index (χ3n) is 3.68. The van der Waals surface area contributed by atoms with Gasteiger partial charge >= 0.3 is 5.88 Å². The molecule has 1 unspecified atom stereocenters. The number of likely N-dealkylation sites (tertiary alicyclic amines) is 1. The molecule has 2 aliphatic rings. The Balaban J connectivity index is 1.47. The lowest BCUT2D eigenvalue weighted by Crippen LogP contribution is -2.32. The van der Waals surface area contributed by atoms with Crippen molar-refractivity contribution in [1.29, 1.82) is 0 Å². The second-order valence-electron chi connectivity index (χ2n) is 5.09. The minimum Gasteiger partial charge on any atom is -0.404 e. The van der Waals surface area contributed by atoms with E-state index in [0.717, 1.165) is 19.0 Å². The van der Waals surface area contributed by atoms with Crippen molar-refractivity contribution in [1.82, 2.24) is 10.2 Å². The van der Waals surface area contributed by atoms with Crippen LogP contribution in [-0.4, -0.2) is 35.0 Å². The number of nitrogens with one attached hydrogen (secondary N) is 1. The monoisotopic (exact) mass is 251 g/mol. The Kier molecular flexibility index (Phi) is 3.05. The van der Waals surface area contributed by atoms with E-state index in [0.29, 0.717) is 18.3 Å².